The fraction of sp³-hybridized carbons (Fsp3) is 0.227. The number of rotatable bonds is 8. The summed E-state index contributed by atoms with van der Waals surface area (Å²) in [5.41, 5.74) is 2.65. The van der Waals surface area contributed by atoms with E-state index in [1.165, 1.54) is 12.1 Å². The molecule has 3 rings (SSSR count). The number of hydrogen-bond acceptors (Lipinski definition) is 3. The van der Waals surface area contributed by atoms with Gasteiger partial charge in [-0.15, -0.1) is 0 Å². The molecular formula is C22H25FN6O. The van der Waals surface area contributed by atoms with Crippen LogP contribution in [0, 0.1) is 5.82 Å². The maximum atomic E-state index is 13.2. The number of aromatic nitrogens is 2. The number of nitrogens with one attached hydrogen (secondary N) is 3. The molecule has 7 nitrogen and oxygen atoms in total. The molecule has 1 aromatic heterocycles. The van der Waals surface area contributed by atoms with Crippen LogP contribution in [-0.2, 0) is 24.3 Å². The molecule has 0 bridgehead atoms. The Morgan fingerprint density at radius 1 is 1.10 bits per heavy atom. The number of nitrogens with zero attached hydrogens (tertiary/aromatic N) is 3. The summed E-state index contributed by atoms with van der Waals surface area (Å²) in [6.45, 7) is 1.34. The van der Waals surface area contributed by atoms with E-state index >= 15 is 0 Å². The molecule has 0 radical (unpaired) electrons. The van der Waals surface area contributed by atoms with Crippen LogP contribution in [-0.4, -0.2) is 35.2 Å². The summed E-state index contributed by atoms with van der Waals surface area (Å²) in [5, 5.41) is 13.4. The summed E-state index contributed by atoms with van der Waals surface area (Å²) in [7, 11) is 1.70. The van der Waals surface area contributed by atoms with Crippen LogP contribution in [0.3, 0.4) is 0 Å². The number of aliphatic imine (C=N–C) groups is 1. The Hall–Kier alpha value is -3.68. The van der Waals surface area contributed by atoms with E-state index in [2.05, 4.69) is 26.0 Å². The highest BCUT2D eigenvalue weighted by Crippen LogP contribution is 2.11. The third-order valence-electron chi connectivity index (χ3n) is 4.35. The molecule has 0 aliphatic heterocycles. The fourth-order valence-corrected chi connectivity index (χ4v) is 2.92. The normalized spacial score (nSPS) is 11.2. The van der Waals surface area contributed by atoms with Crippen LogP contribution in [0.15, 0.2) is 72.0 Å². The molecule has 0 saturated carbocycles. The van der Waals surface area contributed by atoms with Crippen molar-refractivity contribution in [2.24, 2.45) is 4.99 Å². The number of carbonyl (C=O) groups excluding carboxylic acids is 1. The maximum Gasteiger partial charge on any atom is 0.246 e. The molecule has 156 valence electrons. The Morgan fingerprint density at radius 2 is 1.93 bits per heavy atom. The van der Waals surface area contributed by atoms with Crippen molar-refractivity contribution in [3.63, 3.8) is 0 Å². The summed E-state index contributed by atoms with van der Waals surface area (Å²) in [4.78, 5) is 16.3. The van der Waals surface area contributed by atoms with Crippen LogP contribution in [0.4, 0.5) is 10.1 Å². The van der Waals surface area contributed by atoms with Crippen molar-refractivity contribution in [3.8, 4) is 0 Å². The number of benzene rings is 2. The van der Waals surface area contributed by atoms with Crippen LogP contribution in [0.2, 0.25) is 0 Å². The summed E-state index contributed by atoms with van der Waals surface area (Å²) >= 11 is 0. The van der Waals surface area contributed by atoms with Crippen LogP contribution in [0.25, 0.3) is 0 Å². The molecular weight excluding hydrogens is 383 g/mol. The van der Waals surface area contributed by atoms with E-state index in [0.717, 1.165) is 16.8 Å². The smallest absolute Gasteiger partial charge is 0.246 e. The summed E-state index contributed by atoms with van der Waals surface area (Å²) in [5.74, 6) is 0.282. The lowest BCUT2D eigenvalue weighted by Crippen LogP contribution is -2.37. The highest BCUT2D eigenvalue weighted by Gasteiger charge is 2.05. The maximum absolute atomic E-state index is 13.2. The van der Waals surface area contributed by atoms with Crippen molar-refractivity contribution in [2.45, 2.75) is 19.5 Å². The first kappa shape index (κ1) is 21.0. The van der Waals surface area contributed by atoms with Gasteiger partial charge in [0.05, 0.1) is 0 Å². The van der Waals surface area contributed by atoms with Crippen LogP contribution in [0.5, 0.6) is 0 Å². The standard InChI is InChI=1S/C22H25FN6O/c1-24-22(25-11-9-17-5-2-7-19(23)13-17)26-15-18-6-3-8-20(14-18)28-21(30)16-29-12-4-10-27-29/h2-8,10,12-14H,9,11,15-16H2,1H3,(H,28,30)(H2,24,25,26). The summed E-state index contributed by atoms with van der Waals surface area (Å²) < 4.78 is 14.8. The van der Waals surface area contributed by atoms with Gasteiger partial charge >= 0.3 is 0 Å². The van der Waals surface area contributed by atoms with E-state index in [4.69, 9.17) is 0 Å². The Kier molecular flexibility index (Phi) is 7.54. The third kappa shape index (κ3) is 6.73. The van der Waals surface area contributed by atoms with Gasteiger partial charge in [0.2, 0.25) is 5.91 Å². The van der Waals surface area contributed by atoms with E-state index in [9.17, 15) is 9.18 Å². The van der Waals surface area contributed by atoms with Crippen LogP contribution >= 0.6 is 0 Å². The van der Waals surface area contributed by atoms with Gasteiger partial charge in [0.15, 0.2) is 5.96 Å². The highest BCUT2D eigenvalue weighted by molar-refractivity contribution is 5.90. The largest absolute Gasteiger partial charge is 0.356 e. The predicted molar refractivity (Wildman–Crippen MR) is 116 cm³/mol. The first-order valence-electron chi connectivity index (χ1n) is 9.67. The average molecular weight is 408 g/mol. The van der Waals surface area contributed by atoms with E-state index in [1.807, 2.05) is 30.3 Å². The summed E-state index contributed by atoms with van der Waals surface area (Å²) in [6, 6.07) is 16.0. The Balaban J connectivity index is 1.45. The molecule has 1 heterocycles. The second-order valence-electron chi connectivity index (χ2n) is 6.68. The van der Waals surface area contributed by atoms with Gasteiger partial charge in [-0.25, -0.2) is 4.39 Å². The Bertz CT molecular complexity index is 987. The molecule has 0 aliphatic carbocycles. The van der Waals surface area contributed by atoms with Gasteiger partial charge in [-0.1, -0.05) is 24.3 Å². The molecule has 0 spiro atoms. The minimum Gasteiger partial charge on any atom is -0.356 e. The predicted octanol–water partition coefficient (Wildman–Crippen LogP) is 2.57. The average Bonchev–Trinajstić information content (AvgIpc) is 3.23. The quantitative estimate of drug-likeness (QED) is 0.395. The molecule has 8 heteroatoms. The Morgan fingerprint density at radius 3 is 2.70 bits per heavy atom. The molecule has 0 saturated heterocycles. The van der Waals surface area contributed by atoms with Gasteiger partial charge in [0.25, 0.3) is 0 Å². The topological polar surface area (TPSA) is 83.3 Å². The second kappa shape index (κ2) is 10.8. The number of anilines is 1. The highest BCUT2D eigenvalue weighted by atomic mass is 19.1. The zero-order chi connectivity index (χ0) is 21.2. The zero-order valence-corrected chi connectivity index (χ0v) is 16.8. The molecule has 3 N–H and O–H groups in total. The van der Waals surface area contributed by atoms with Gasteiger partial charge in [-0.05, 0) is 47.9 Å². The van der Waals surface area contributed by atoms with Gasteiger partial charge in [0, 0.05) is 38.2 Å². The SMILES string of the molecule is CN=C(NCCc1cccc(F)c1)NCc1cccc(NC(=O)Cn2cccn2)c1. The molecule has 3 aromatic rings. The van der Waals surface area contributed by atoms with Crippen molar-refractivity contribution in [1.29, 1.82) is 0 Å². The molecule has 0 unspecified atom stereocenters. The third-order valence-corrected chi connectivity index (χ3v) is 4.35. The number of amides is 1. The van der Waals surface area contributed by atoms with E-state index in [-0.39, 0.29) is 18.3 Å². The molecule has 0 fully saturated rings. The number of guanidine groups is 1. The molecule has 2 aromatic carbocycles. The fourth-order valence-electron chi connectivity index (χ4n) is 2.92. The lowest BCUT2D eigenvalue weighted by Gasteiger charge is -2.13. The van der Waals surface area contributed by atoms with Crippen molar-refractivity contribution >= 4 is 17.6 Å². The molecule has 30 heavy (non-hydrogen) atoms. The lowest BCUT2D eigenvalue weighted by molar-refractivity contribution is -0.116. The summed E-state index contributed by atoms with van der Waals surface area (Å²) in [6.07, 6.45) is 4.07. The van der Waals surface area contributed by atoms with Gasteiger partial charge in [-0.3, -0.25) is 14.5 Å². The van der Waals surface area contributed by atoms with Crippen molar-refractivity contribution in [2.75, 3.05) is 18.9 Å². The minimum atomic E-state index is -0.230. The van der Waals surface area contributed by atoms with E-state index in [0.29, 0.717) is 25.5 Å². The monoisotopic (exact) mass is 408 g/mol. The Labute approximate surface area is 175 Å². The molecule has 0 atom stereocenters. The first-order valence-corrected chi connectivity index (χ1v) is 9.67. The van der Waals surface area contributed by atoms with Gasteiger partial charge in [0.1, 0.15) is 12.4 Å². The first-order chi connectivity index (χ1) is 14.6. The van der Waals surface area contributed by atoms with Crippen molar-refractivity contribution < 1.29 is 9.18 Å². The van der Waals surface area contributed by atoms with E-state index in [1.54, 1.807) is 36.3 Å². The number of halogens is 1. The van der Waals surface area contributed by atoms with Crippen LogP contribution < -0.4 is 16.0 Å². The van der Waals surface area contributed by atoms with E-state index < -0.39 is 0 Å². The molecule has 1 amide bonds. The minimum absolute atomic E-state index is 0.140. The lowest BCUT2D eigenvalue weighted by atomic mass is 10.1. The second-order valence-corrected chi connectivity index (χ2v) is 6.68. The number of hydrogen-bond donors (Lipinski definition) is 3. The number of carbonyl (C=O) groups is 1. The molecule has 0 aliphatic rings. The van der Waals surface area contributed by atoms with Crippen molar-refractivity contribution in [1.82, 2.24) is 20.4 Å². The van der Waals surface area contributed by atoms with Gasteiger partial charge in [-0.2, -0.15) is 5.10 Å². The van der Waals surface area contributed by atoms with Crippen molar-refractivity contribution in [3.05, 3.63) is 83.9 Å². The van der Waals surface area contributed by atoms with Crippen LogP contribution in [0.1, 0.15) is 11.1 Å². The zero-order valence-electron chi connectivity index (χ0n) is 16.8. The van der Waals surface area contributed by atoms with Gasteiger partial charge < -0.3 is 16.0 Å².